The van der Waals surface area contributed by atoms with Gasteiger partial charge in [-0.1, -0.05) is 24.3 Å². The molecule has 122 valence electrons. The third kappa shape index (κ3) is 4.35. The second kappa shape index (κ2) is 7.32. The normalized spacial score (nSPS) is 13.7. The van der Waals surface area contributed by atoms with Crippen LogP contribution in [0.3, 0.4) is 0 Å². The van der Waals surface area contributed by atoms with Crippen LogP contribution in [-0.2, 0) is 4.79 Å². The molecular formula is C20H25NO2. The minimum Gasteiger partial charge on any atom is -0.507 e. The van der Waals surface area contributed by atoms with Crippen molar-refractivity contribution in [1.82, 2.24) is 0 Å². The molecule has 1 amide bonds. The summed E-state index contributed by atoms with van der Waals surface area (Å²) < 4.78 is 0. The van der Waals surface area contributed by atoms with Crippen LogP contribution in [0.25, 0.3) is 0 Å². The lowest BCUT2D eigenvalue weighted by atomic mass is 10.1. The third-order valence-electron chi connectivity index (χ3n) is 4.03. The van der Waals surface area contributed by atoms with Crippen molar-refractivity contribution in [2.24, 2.45) is 0 Å². The average molecular weight is 311 g/mol. The first-order chi connectivity index (χ1) is 10.9. The van der Waals surface area contributed by atoms with Crippen LogP contribution in [0, 0.1) is 27.7 Å². The van der Waals surface area contributed by atoms with Gasteiger partial charge in [-0.05, 0) is 68.5 Å². The standard InChI is InChI=1S/C12H15NO.C8H10O/c1-9-6-10(2)8-11(7-9)13-5-3-4-12(13)14;1-6-4-3-5-7(2)8(6)9/h6-8H,3-5H2,1-2H3;3-5,9H,1-2H3. The molecule has 0 atom stereocenters. The molecule has 1 heterocycles. The number of phenolic OH excluding ortho intramolecular Hbond substituents is 1. The summed E-state index contributed by atoms with van der Waals surface area (Å²) in [4.78, 5) is 13.4. The van der Waals surface area contributed by atoms with Gasteiger partial charge in [-0.25, -0.2) is 0 Å². The Morgan fingerprint density at radius 2 is 1.52 bits per heavy atom. The maximum absolute atomic E-state index is 11.5. The number of amides is 1. The molecule has 0 spiro atoms. The largest absolute Gasteiger partial charge is 0.507 e. The first kappa shape index (κ1) is 17.1. The molecule has 2 aromatic carbocycles. The van der Waals surface area contributed by atoms with Crippen LogP contribution < -0.4 is 4.90 Å². The fourth-order valence-electron chi connectivity index (χ4n) is 2.83. The van der Waals surface area contributed by atoms with E-state index in [2.05, 4.69) is 32.0 Å². The average Bonchev–Trinajstić information content (AvgIpc) is 2.90. The predicted molar refractivity (Wildman–Crippen MR) is 95.1 cm³/mol. The number of hydrogen-bond acceptors (Lipinski definition) is 2. The van der Waals surface area contributed by atoms with E-state index in [1.165, 1.54) is 11.1 Å². The molecule has 0 aliphatic carbocycles. The Balaban J connectivity index is 0.000000185. The van der Waals surface area contributed by atoms with E-state index in [0.29, 0.717) is 12.2 Å². The van der Waals surface area contributed by atoms with Crippen LogP contribution in [0.2, 0.25) is 0 Å². The third-order valence-corrected chi connectivity index (χ3v) is 4.03. The van der Waals surface area contributed by atoms with Gasteiger partial charge in [0.05, 0.1) is 0 Å². The van der Waals surface area contributed by atoms with Crippen LogP contribution in [0.4, 0.5) is 5.69 Å². The molecule has 3 rings (SSSR count). The molecule has 3 nitrogen and oxygen atoms in total. The topological polar surface area (TPSA) is 40.5 Å². The lowest BCUT2D eigenvalue weighted by Crippen LogP contribution is -2.23. The molecule has 1 N–H and O–H groups in total. The van der Waals surface area contributed by atoms with E-state index >= 15 is 0 Å². The smallest absolute Gasteiger partial charge is 0.227 e. The van der Waals surface area contributed by atoms with Crippen LogP contribution in [0.5, 0.6) is 5.75 Å². The summed E-state index contributed by atoms with van der Waals surface area (Å²) in [5.74, 6) is 0.674. The first-order valence-corrected chi connectivity index (χ1v) is 8.02. The quantitative estimate of drug-likeness (QED) is 0.846. The van der Waals surface area contributed by atoms with Crippen LogP contribution in [0.1, 0.15) is 35.1 Å². The van der Waals surface area contributed by atoms with E-state index in [-0.39, 0.29) is 5.91 Å². The van der Waals surface area contributed by atoms with E-state index in [4.69, 9.17) is 0 Å². The summed E-state index contributed by atoms with van der Waals surface area (Å²) in [6, 6.07) is 12.0. The number of aromatic hydroxyl groups is 1. The minimum absolute atomic E-state index is 0.259. The molecule has 3 heteroatoms. The molecule has 0 bridgehead atoms. The molecule has 1 aliphatic rings. The van der Waals surface area contributed by atoms with E-state index < -0.39 is 0 Å². The summed E-state index contributed by atoms with van der Waals surface area (Å²) in [7, 11) is 0. The van der Waals surface area contributed by atoms with Gasteiger partial charge in [0.25, 0.3) is 0 Å². The maximum atomic E-state index is 11.5. The Labute approximate surface area is 138 Å². The number of hydrogen-bond donors (Lipinski definition) is 1. The molecular weight excluding hydrogens is 286 g/mol. The van der Waals surface area contributed by atoms with Gasteiger partial charge < -0.3 is 10.0 Å². The number of rotatable bonds is 1. The number of nitrogens with zero attached hydrogens (tertiary/aromatic N) is 1. The van der Waals surface area contributed by atoms with Crippen molar-refractivity contribution in [3.05, 3.63) is 58.7 Å². The SMILES string of the molecule is Cc1cc(C)cc(N2CCCC2=O)c1.Cc1cccc(C)c1O. The molecule has 2 aromatic rings. The molecule has 1 aliphatic heterocycles. The Morgan fingerprint density at radius 1 is 0.957 bits per heavy atom. The van der Waals surface area contributed by atoms with Gasteiger partial charge in [0.15, 0.2) is 0 Å². The Kier molecular flexibility index (Phi) is 5.43. The molecule has 23 heavy (non-hydrogen) atoms. The summed E-state index contributed by atoms with van der Waals surface area (Å²) in [5.41, 5.74) is 5.38. The van der Waals surface area contributed by atoms with Crippen molar-refractivity contribution in [2.75, 3.05) is 11.4 Å². The molecule has 1 fully saturated rings. The van der Waals surface area contributed by atoms with Gasteiger partial charge in [-0.3, -0.25) is 4.79 Å². The number of benzene rings is 2. The van der Waals surface area contributed by atoms with Gasteiger partial charge >= 0.3 is 0 Å². The molecule has 0 unspecified atom stereocenters. The number of carbonyl (C=O) groups is 1. The van der Waals surface area contributed by atoms with Crippen molar-refractivity contribution in [3.63, 3.8) is 0 Å². The Bertz CT molecular complexity index is 666. The zero-order chi connectivity index (χ0) is 17.0. The van der Waals surface area contributed by atoms with Crippen LogP contribution in [-0.4, -0.2) is 17.6 Å². The van der Waals surface area contributed by atoms with Gasteiger partial charge in [-0.2, -0.15) is 0 Å². The minimum atomic E-state index is 0.259. The van der Waals surface area contributed by atoms with Crippen molar-refractivity contribution in [1.29, 1.82) is 0 Å². The lowest BCUT2D eigenvalue weighted by Gasteiger charge is -2.16. The lowest BCUT2D eigenvalue weighted by molar-refractivity contribution is -0.117. The number of aryl methyl sites for hydroxylation is 4. The van der Waals surface area contributed by atoms with Crippen molar-refractivity contribution >= 4 is 11.6 Å². The fraction of sp³-hybridized carbons (Fsp3) is 0.350. The first-order valence-electron chi connectivity index (χ1n) is 8.02. The Morgan fingerprint density at radius 3 is 1.96 bits per heavy atom. The summed E-state index contributed by atoms with van der Waals surface area (Å²) in [5, 5.41) is 9.21. The molecule has 0 aromatic heterocycles. The van der Waals surface area contributed by atoms with Crippen molar-refractivity contribution < 1.29 is 9.90 Å². The monoisotopic (exact) mass is 311 g/mol. The Hall–Kier alpha value is -2.29. The fourth-order valence-corrected chi connectivity index (χ4v) is 2.83. The van der Waals surface area contributed by atoms with Gasteiger partial charge in [0, 0.05) is 18.7 Å². The molecule has 1 saturated heterocycles. The van der Waals surface area contributed by atoms with Crippen molar-refractivity contribution in [2.45, 2.75) is 40.5 Å². The highest BCUT2D eigenvalue weighted by Gasteiger charge is 2.21. The number of carbonyl (C=O) groups excluding carboxylic acids is 1. The summed E-state index contributed by atoms with van der Waals surface area (Å²) in [6.07, 6.45) is 1.69. The number of phenols is 1. The second-order valence-electron chi connectivity index (χ2n) is 6.24. The summed E-state index contributed by atoms with van der Waals surface area (Å²) in [6.45, 7) is 8.79. The predicted octanol–water partition coefficient (Wildman–Crippen LogP) is 4.44. The second-order valence-corrected chi connectivity index (χ2v) is 6.24. The number of para-hydroxylation sites is 1. The maximum Gasteiger partial charge on any atom is 0.227 e. The highest BCUT2D eigenvalue weighted by atomic mass is 16.3. The van der Waals surface area contributed by atoms with E-state index in [9.17, 15) is 9.90 Å². The zero-order valence-corrected chi connectivity index (χ0v) is 14.4. The van der Waals surface area contributed by atoms with Crippen LogP contribution >= 0.6 is 0 Å². The highest BCUT2D eigenvalue weighted by Crippen LogP contribution is 2.23. The summed E-state index contributed by atoms with van der Waals surface area (Å²) >= 11 is 0. The van der Waals surface area contributed by atoms with Crippen LogP contribution in [0.15, 0.2) is 36.4 Å². The van der Waals surface area contributed by atoms with E-state index in [1.807, 2.05) is 36.9 Å². The zero-order valence-electron chi connectivity index (χ0n) is 14.4. The molecule has 0 saturated carbocycles. The highest BCUT2D eigenvalue weighted by molar-refractivity contribution is 5.95. The molecule has 0 radical (unpaired) electrons. The van der Waals surface area contributed by atoms with Gasteiger partial charge in [0.2, 0.25) is 5.91 Å². The van der Waals surface area contributed by atoms with Gasteiger partial charge in [-0.15, -0.1) is 0 Å². The van der Waals surface area contributed by atoms with E-state index in [1.54, 1.807) is 0 Å². The number of anilines is 1. The van der Waals surface area contributed by atoms with Crippen molar-refractivity contribution in [3.8, 4) is 5.75 Å². The van der Waals surface area contributed by atoms with E-state index in [0.717, 1.165) is 29.8 Å². The van der Waals surface area contributed by atoms with Gasteiger partial charge in [0.1, 0.15) is 5.75 Å².